The molecule has 2 aromatic rings. The molecular weight excluding hydrogens is 411 g/mol. The highest BCUT2D eigenvalue weighted by Gasteiger charge is 2.28. The van der Waals surface area contributed by atoms with E-state index in [4.69, 9.17) is 0 Å². The van der Waals surface area contributed by atoms with E-state index in [1.54, 1.807) is 25.1 Å². The van der Waals surface area contributed by atoms with E-state index in [1.165, 1.54) is 33.9 Å². The molecule has 0 aromatic heterocycles. The average Bonchev–Trinajstić information content (AvgIpc) is 3.27. The molecule has 0 bridgehead atoms. The Morgan fingerprint density at radius 1 is 1.10 bits per heavy atom. The van der Waals surface area contributed by atoms with Crippen molar-refractivity contribution in [2.24, 2.45) is 0 Å². The summed E-state index contributed by atoms with van der Waals surface area (Å²) in [6.45, 7) is 3.86. The van der Waals surface area contributed by atoms with Gasteiger partial charge < -0.3 is 10.2 Å². The molecule has 31 heavy (non-hydrogen) atoms. The molecule has 0 radical (unpaired) electrons. The quantitative estimate of drug-likeness (QED) is 0.604. The number of aryl methyl sites for hydroxylation is 1. The molecule has 1 atom stereocenters. The molecule has 166 valence electrons. The Morgan fingerprint density at radius 2 is 1.74 bits per heavy atom. The SMILES string of the molecule is Cc1ccccc1CSCC(=O)N(Cc1ccccc1F)C(C)C(=O)NC1CCCC1. The van der Waals surface area contributed by atoms with Crippen LogP contribution in [0.15, 0.2) is 48.5 Å². The summed E-state index contributed by atoms with van der Waals surface area (Å²) in [4.78, 5) is 27.5. The van der Waals surface area contributed by atoms with Gasteiger partial charge in [0.15, 0.2) is 0 Å². The number of rotatable bonds is 9. The lowest BCUT2D eigenvalue weighted by Gasteiger charge is -2.30. The van der Waals surface area contributed by atoms with E-state index in [9.17, 15) is 14.0 Å². The predicted octanol–water partition coefficient (Wildman–Crippen LogP) is 4.84. The van der Waals surface area contributed by atoms with Gasteiger partial charge in [-0.05, 0) is 43.9 Å². The molecule has 1 aliphatic carbocycles. The number of hydrogen-bond acceptors (Lipinski definition) is 3. The summed E-state index contributed by atoms with van der Waals surface area (Å²) in [6.07, 6.45) is 4.19. The third-order valence-electron chi connectivity index (χ3n) is 5.91. The normalized spacial score (nSPS) is 14.9. The van der Waals surface area contributed by atoms with Gasteiger partial charge in [0.25, 0.3) is 0 Å². The van der Waals surface area contributed by atoms with E-state index in [0.717, 1.165) is 25.7 Å². The molecule has 0 heterocycles. The minimum atomic E-state index is -0.660. The molecule has 2 aromatic carbocycles. The summed E-state index contributed by atoms with van der Waals surface area (Å²) in [7, 11) is 0. The number of carbonyl (C=O) groups is 2. The van der Waals surface area contributed by atoms with Crippen LogP contribution in [0.1, 0.15) is 49.3 Å². The van der Waals surface area contributed by atoms with Crippen molar-refractivity contribution in [1.82, 2.24) is 10.2 Å². The zero-order valence-corrected chi connectivity index (χ0v) is 19.1. The van der Waals surface area contributed by atoms with Gasteiger partial charge in [0.1, 0.15) is 11.9 Å². The Hall–Kier alpha value is -2.34. The van der Waals surface area contributed by atoms with E-state index < -0.39 is 6.04 Å². The van der Waals surface area contributed by atoms with Crippen LogP contribution in [0.3, 0.4) is 0 Å². The van der Waals surface area contributed by atoms with E-state index in [2.05, 4.69) is 24.4 Å². The number of halogens is 1. The van der Waals surface area contributed by atoms with Crippen LogP contribution < -0.4 is 5.32 Å². The maximum atomic E-state index is 14.3. The lowest BCUT2D eigenvalue weighted by atomic mass is 10.1. The molecule has 4 nitrogen and oxygen atoms in total. The first-order chi connectivity index (χ1) is 15.0. The molecule has 3 rings (SSSR count). The van der Waals surface area contributed by atoms with E-state index >= 15 is 0 Å². The van der Waals surface area contributed by atoms with Crippen LogP contribution in [0.4, 0.5) is 4.39 Å². The summed E-state index contributed by atoms with van der Waals surface area (Å²) in [5.74, 6) is 0.269. The van der Waals surface area contributed by atoms with Gasteiger partial charge in [-0.1, -0.05) is 55.3 Å². The van der Waals surface area contributed by atoms with Crippen molar-refractivity contribution in [1.29, 1.82) is 0 Å². The zero-order valence-electron chi connectivity index (χ0n) is 18.3. The maximum absolute atomic E-state index is 14.3. The van der Waals surface area contributed by atoms with Crippen LogP contribution in [0.25, 0.3) is 0 Å². The predicted molar refractivity (Wildman–Crippen MR) is 124 cm³/mol. The zero-order chi connectivity index (χ0) is 22.2. The largest absolute Gasteiger partial charge is 0.352 e. The molecule has 1 aliphatic rings. The van der Waals surface area contributed by atoms with Gasteiger partial charge in [0.05, 0.1) is 5.75 Å². The van der Waals surface area contributed by atoms with Crippen molar-refractivity contribution in [3.8, 4) is 0 Å². The van der Waals surface area contributed by atoms with Gasteiger partial charge in [-0.25, -0.2) is 4.39 Å². The molecule has 0 spiro atoms. The molecule has 6 heteroatoms. The molecular formula is C25H31FN2O2S. The van der Waals surface area contributed by atoms with Crippen LogP contribution in [0, 0.1) is 12.7 Å². The summed E-state index contributed by atoms with van der Waals surface area (Å²) in [5, 5.41) is 3.07. The second-order valence-corrected chi connectivity index (χ2v) is 9.18. The number of amides is 2. The van der Waals surface area contributed by atoms with Crippen molar-refractivity contribution < 1.29 is 14.0 Å². The van der Waals surface area contributed by atoms with Crippen molar-refractivity contribution >= 4 is 23.6 Å². The van der Waals surface area contributed by atoms with Gasteiger partial charge in [-0.15, -0.1) is 11.8 Å². The molecule has 0 saturated heterocycles. The van der Waals surface area contributed by atoms with Gasteiger partial charge in [0.2, 0.25) is 11.8 Å². The van der Waals surface area contributed by atoms with Crippen molar-refractivity contribution in [3.63, 3.8) is 0 Å². The molecule has 0 aliphatic heterocycles. The van der Waals surface area contributed by atoms with E-state index in [-0.39, 0.29) is 36.0 Å². The first-order valence-electron chi connectivity index (χ1n) is 10.9. The highest BCUT2D eigenvalue weighted by Crippen LogP contribution is 2.20. The van der Waals surface area contributed by atoms with E-state index in [1.807, 2.05) is 12.1 Å². The molecule has 1 fully saturated rings. The summed E-state index contributed by atoms with van der Waals surface area (Å²) in [5.41, 5.74) is 2.79. The monoisotopic (exact) mass is 442 g/mol. The maximum Gasteiger partial charge on any atom is 0.242 e. The standard InChI is InChI=1S/C25H31FN2O2S/c1-18-9-3-4-11-21(18)16-31-17-24(29)28(15-20-10-5-8-14-23(20)26)19(2)25(30)27-22-12-6-7-13-22/h3-5,8-11,14,19,22H,6-7,12-13,15-17H2,1-2H3,(H,27,30). The van der Waals surface area contributed by atoms with Gasteiger partial charge in [-0.2, -0.15) is 0 Å². The van der Waals surface area contributed by atoms with Crippen LogP contribution in [0.2, 0.25) is 0 Å². The van der Waals surface area contributed by atoms with Gasteiger partial charge >= 0.3 is 0 Å². The number of nitrogens with zero attached hydrogens (tertiary/aromatic N) is 1. The summed E-state index contributed by atoms with van der Waals surface area (Å²) >= 11 is 1.52. The Bertz CT molecular complexity index is 899. The summed E-state index contributed by atoms with van der Waals surface area (Å²) in [6, 6.07) is 14.0. The first kappa shape index (κ1) is 23.3. The van der Waals surface area contributed by atoms with Crippen molar-refractivity contribution in [3.05, 3.63) is 71.0 Å². The Labute approximate surface area is 188 Å². The lowest BCUT2D eigenvalue weighted by Crippen LogP contribution is -2.50. The third kappa shape index (κ3) is 6.57. The Balaban J connectivity index is 1.67. The van der Waals surface area contributed by atoms with Crippen LogP contribution in [-0.4, -0.2) is 34.6 Å². The van der Waals surface area contributed by atoms with Crippen LogP contribution in [-0.2, 0) is 21.9 Å². The number of hydrogen-bond donors (Lipinski definition) is 1. The minimum absolute atomic E-state index is 0.0791. The molecule has 2 amide bonds. The molecule has 1 N–H and O–H groups in total. The van der Waals surface area contributed by atoms with Crippen molar-refractivity contribution in [2.45, 2.75) is 63.9 Å². The molecule has 1 saturated carbocycles. The van der Waals surface area contributed by atoms with Crippen LogP contribution in [0.5, 0.6) is 0 Å². The second kappa shape index (κ2) is 11.3. The number of benzene rings is 2. The highest BCUT2D eigenvalue weighted by molar-refractivity contribution is 7.99. The minimum Gasteiger partial charge on any atom is -0.352 e. The molecule has 1 unspecified atom stereocenters. The average molecular weight is 443 g/mol. The Kier molecular flexibility index (Phi) is 8.52. The number of nitrogens with one attached hydrogen (secondary N) is 1. The fourth-order valence-electron chi connectivity index (χ4n) is 3.89. The topological polar surface area (TPSA) is 49.4 Å². The number of thioether (sulfide) groups is 1. The lowest BCUT2D eigenvalue weighted by molar-refractivity contribution is -0.139. The Morgan fingerprint density at radius 3 is 2.42 bits per heavy atom. The fourth-order valence-corrected chi connectivity index (χ4v) is 4.87. The second-order valence-electron chi connectivity index (χ2n) is 8.20. The van der Waals surface area contributed by atoms with Gasteiger partial charge in [0, 0.05) is 23.9 Å². The van der Waals surface area contributed by atoms with Gasteiger partial charge in [-0.3, -0.25) is 9.59 Å². The van der Waals surface area contributed by atoms with Crippen molar-refractivity contribution in [2.75, 3.05) is 5.75 Å². The smallest absolute Gasteiger partial charge is 0.242 e. The summed E-state index contributed by atoms with van der Waals surface area (Å²) < 4.78 is 14.3. The number of carbonyl (C=O) groups excluding carboxylic acids is 2. The highest BCUT2D eigenvalue weighted by atomic mass is 32.2. The van der Waals surface area contributed by atoms with E-state index in [0.29, 0.717) is 11.3 Å². The third-order valence-corrected chi connectivity index (χ3v) is 6.88. The van der Waals surface area contributed by atoms with Crippen LogP contribution >= 0.6 is 11.8 Å². The fraction of sp³-hybridized carbons (Fsp3) is 0.440. The first-order valence-corrected chi connectivity index (χ1v) is 12.1.